The van der Waals surface area contributed by atoms with E-state index in [2.05, 4.69) is 0 Å². The summed E-state index contributed by atoms with van der Waals surface area (Å²) in [6.07, 6.45) is 5.07. The quantitative estimate of drug-likeness (QED) is 0.144. The van der Waals surface area contributed by atoms with Gasteiger partial charge in [-0.05, 0) is 91.9 Å². The number of carbonyl (C=O) groups is 5. The van der Waals surface area contributed by atoms with Gasteiger partial charge in [0.05, 0.1) is 30.3 Å². The van der Waals surface area contributed by atoms with Gasteiger partial charge in [-0.1, -0.05) is 29.9 Å². The van der Waals surface area contributed by atoms with E-state index in [-0.39, 0.29) is 35.8 Å². The Morgan fingerprint density at radius 2 is 1.57 bits per heavy atom. The zero-order valence-corrected chi connectivity index (χ0v) is 27.7. The summed E-state index contributed by atoms with van der Waals surface area (Å²) in [7, 11) is 1.40. The Bertz CT molecular complexity index is 2010. The number of hydrogen-bond donors (Lipinski definition) is 1. The van der Waals surface area contributed by atoms with Gasteiger partial charge in [-0.3, -0.25) is 28.9 Å². The molecular weight excluding hydrogens is 674 g/mol. The highest BCUT2D eigenvalue weighted by molar-refractivity contribution is 6.58. The Labute approximate surface area is 290 Å². The van der Waals surface area contributed by atoms with Crippen LogP contribution in [0.15, 0.2) is 84.5 Å². The normalized spacial score (nSPS) is 29.2. The zero-order chi connectivity index (χ0) is 35.0. The van der Waals surface area contributed by atoms with Gasteiger partial charge in [-0.25, -0.2) is 9.29 Å². The number of aromatic hydroxyl groups is 1. The van der Waals surface area contributed by atoms with Crippen molar-refractivity contribution in [1.82, 2.24) is 0 Å². The molecular formula is C37H29Cl2FN2O7. The van der Waals surface area contributed by atoms with Crippen molar-refractivity contribution in [3.8, 4) is 11.5 Å². The van der Waals surface area contributed by atoms with E-state index in [4.69, 9.17) is 27.9 Å². The second-order valence-corrected chi connectivity index (χ2v) is 13.9. The van der Waals surface area contributed by atoms with Gasteiger partial charge < -0.3 is 9.84 Å². The van der Waals surface area contributed by atoms with E-state index in [0.29, 0.717) is 22.4 Å². The first-order chi connectivity index (χ1) is 23.3. The molecule has 12 heteroatoms. The molecule has 2 saturated heterocycles. The second-order valence-electron chi connectivity index (χ2n) is 12.7. The average Bonchev–Trinajstić information content (AvgIpc) is 3.43. The van der Waals surface area contributed by atoms with Crippen LogP contribution < -0.4 is 14.5 Å². The first kappa shape index (κ1) is 32.7. The van der Waals surface area contributed by atoms with Crippen LogP contribution in [0.1, 0.15) is 35.7 Å². The van der Waals surface area contributed by atoms with Crippen LogP contribution in [0.3, 0.4) is 0 Å². The highest BCUT2D eigenvalue weighted by Gasteiger charge is 2.76. The molecule has 9 nitrogen and oxygen atoms in total. The third-order valence-corrected chi connectivity index (χ3v) is 11.6. The number of nitrogens with zero attached hydrogens (tertiary/aromatic N) is 2. The summed E-state index contributed by atoms with van der Waals surface area (Å²) in [5.74, 6) is -6.59. The number of ether oxygens (including phenoxy) is 1. The summed E-state index contributed by atoms with van der Waals surface area (Å²) in [6, 6.07) is 15.6. The smallest absolute Gasteiger partial charge is 0.258 e. The Kier molecular flexibility index (Phi) is 7.79. The zero-order valence-electron chi connectivity index (χ0n) is 26.2. The summed E-state index contributed by atoms with van der Waals surface area (Å²) in [5, 5.41) is 10.1. The number of anilines is 2. The summed E-state index contributed by atoms with van der Waals surface area (Å²) in [6.45, 7) is 1.42. The van der Waals surface area contributed by atoms with Crippen LogP contribution in [-0.2, 0) is 19.2 Å². The van der Waals surface area contributed by atoms with E-state index in [1.54, 1.807) is 48.6 Å². The molecule has 0 bridgehead atoms. The third kappa shape index (κ3) is 4.75. The number of halogens is 3. The van der Waals surface area contributed by atoms with Gasteiger partial charge in [0, 0.05) is 11.5 Å². The molecule has 2 aliphatic carbocycles. The van der Waals surface area contributed by atoms with E-state index in [1.165, 1.54) is 32.2 Å². The van der Waals surface area contributed by atoms with Gasteiger partial charge in [0.1, 0.15) is 5.82 Å². The molecule has 4 amide bonds. The predicted molar refractivity (Wildman–Crippen MR) is 180 cm³/mol. The minimum Gasteiger partial charge on any atom is -0.504 e. The third-order valence-electron chi connectivity index (χ3n) is 10.2. The Morgan fingerprint density at radius 3 is 2.22 bits per heavy atom. The van der Waals surface area contributed by atoms with Crippen molar-refractivity contribution in [3.63, 3.8) is 0 Å². The molecule has 0 unspecified atom stereocenters. The number of phenols is 1. The van der Waals surface area contributed by atoms with Crippen molar-refractivity contribution in [2.24, 2.45) is 23.7 Å². The molecule has 0 spiro atoms. The highest BCUT2D eigenvalue weighted by atomic mass is 35.5. The summed E-state index contributed by atoms with van der Waals surface area (Å²) < 4.78 is 19.1. The fourth-order valence-corrected chi connectivity index (χ4v) is 8.64. The first-order valence-corrected chi connectivity index (χ1v) is 16.3. The van der Waals surface area contributed by atoms with Crippen molar-refractivity contribution < 1.29 is 38.2 Å². The van der Waals surface area contributed by atoms with E-state index in [1.807, 2.05) is 6.08 Å². The molecule has 4 aliphatic rings. The van der Waals surface area contributed by atoms with Crippen LogP contribution in [0.2, 0.25) is 0 Å². The molecule has 0 radical (unpaired) electrons. The number of benzene rings is 3. The number of rotatable bonds is 6. The molecule has 2 heterocycles. The molecule has 1 saturated carbocycles. The highest BCUT2D eigenvalue weighted by Crippen LogP contribution is 2.63. The lowest BCUT2D eigenvalue weighted by Crippen LogP contribution is -2.60. The van der Waals surface area contributed by atoms with Crippen molar-refractivity contribution >= 4 is 70.1 Å². The molecule has 1 N–H and O–H groups in total. The average molecular weight is 704 g/mol. The van der Waals surface area contributed by atoms with Crippen LogP contribution in [0.25, 0.3) is 6.08 Å². The molecule has 49 heavy (non-hydrogen) atoms. The monoisotopic (exact) mass is 702 g/mol. The lowest BCUT2D eigenvalue weighted by atomic mass is 9.57. The number of carbonyl (C=O) groups excluding carboxylic acids is 5. The van der Waals surface area contributed by atoms with E-state index < -0.39 is 62.9 Å². The van der Waals surface area contributed by atoms with E-state index in [0.717, 1.165) is 21.9 Å². The van der Waals surface area contributed by atoms with Gasteiger partial charge in [-0.2, -0.15) is 0 Å². The number of hydrogen-bond acceptors (Lipinski definition) is 7. The van der Waals surface area contributed by atoms with Gasteiger partial charge in [-0.15, -0.1) is 23.2 Å². The number of allylic oxidation sites excluding steroid dienone is 3. The fraction of sp³-hybridized carbons (Fsp3) is 0.270. The van der Waals surface area contributed by atoms with Crippen LogP contribution in [0.5, 0.6) is 11.5 Å². The molecule has 6 atom stereocenters. The molecule has 0 aromatic heterocycles. The van der Waals surface area contributed by atoms with Crippen molar-refractivity contribution in [2.45, 2.75) is 29.5 Å². The molecule has 7 rings (SSSR count). The maximum Gasteiger partial charge on any atom is 0.258 e. The largest absolute Gasteiger partial charge is 0.504 e. The topological polar surface area (TPSA) is 121 Å². The van der Waals surface area contributed by atoms with Crippen LogP contribution in [0, 0.1) is 29.5 Å². The minimum absolute atomic E-state index is 0.0802. The molecule has 250 valence electrons. The molecule has 3 aromatic carbocycles. The molecule has 3 aromatic rings. The van der Waals surface area contributed by atoms with Gasteiger partial charge in [0.2, 0.25) is 11.8 Å². The number of Topliss-reactive ketones (excluding diaryl/α,β-unsaturated/α-hetero) is 1. The lowest BCUT2D eigenvalue weighted by molar-refractivity contribution is -0.125. The van der Waals surface area contributed by atoms with Gasteiger partial charge in [0.15, 0.2) is 27.0 Å². The lowest BCUT2D eigenvalue weighted by Gasteiger charge is -2.49. The number of ketones is 1. The predicted octanol–water partition coefficient (Wildman–Crippen LogP) is 6.06. The molecule has 3 fully saturated rings. The standard InChI is InChI=1S/C37H29Cl2FN2O7/c1-19(43)21-5-9-23(10-6-21)41-32(45)26-14-13-25-27(31(26)33(41)46)18-36(38)34(47)42(24-11-7-22(40)8-12-24)35(48)37(36,39)28(25)15-3-20-4-16-29(44)30(17-20)49-2/h3-13,15-17,26-28,31,44H,14,18H2,1-2H3/t26-,27+,28-,31-,36+,37-/m0/s1. The number of fused-ring (bicyclic) bond motifs is 4. The molecule has 2 aliphatic heterocycles. The summed E-state index contributed by atoms with van der Waals surface area (Å²) in [4.78, 5) is 66.4. The van der Waals surface area contributed by atoms with Gasteiger partial charge >= 0.3 is 0 Å². The number of alkyl halides is 2. The second kappa shape index (κ2) is 11.7. The SMILES string of the molecule is COc1cc(C=C[C@H]2C3=CC[C@@H]4C(=O)N(c5ccc(C(C)=O)cc5)C(=O)[C@@H]4[C@@H]3C[C@@]3(Cl)C(=O)N(c4ccc(F)cc4)C(=O)[C@@]23Cl)ccc1O. The fourth-order valence-electron chi connectivity index (χ4n) is 7.75. The Balaban J connectivity index is 1.34. The van der Waals surface area contributed by atoms with E-state index >= 15 is 0 Å². The van der Waals surface area contributed by atoms with Crippen LogP contribution >= 0.6 is 23.2 Å². The van der Waals surface area contributed by atoms with E-state index in [9.17, 15) is 33.5 Å². The van der Waals surface area contributed by atoms with Crippen LogP contribution in [0.4, 0.5) is 15.8 Å². The number of imide groups is 2. The van der Waals surface area contributed by atoms with Crippen molar-refractivity contribution in [3.05, 3.63) is 101 Å². The number of phenolic OH excluding ortho intramolecular Hbond substituents is 1. The Morgan fingerprint density at radius 1 is 0.918 bits per heavy atom. The maximum absolute atomic E-state index is 14.4. The Hall–Kier alpha value is -4.80. The summed E-state index contributed by atoms with van der Waals surface area (Å²) >= 11 is 14.7. The maximum atomic E-state index is 14.4. The summed E-state index contributed by atoms with van der Waals surface area (Å²) in [5.41, 5.74) is 1.98. The van der Waals surface area contributed by atoms with Crippen molar-refractivity contribution in [2.75, 3.05) is 16.9 Å². The minimum atomic E-state index is -2.07. The van der Waals surface area contributed by atoms with Crippen LogP contribution in [-0.4, -0.2) is 51.4 Å². The van der Waals surface area contributed by atoms with Gasteiger partial charge in [0.25, 0.3) is 11.8 Å². The first-order valence-electron chi connectivity index (χ1n) is 15.6. The number of methoxy groups -OCH3 is 1. The number of amides is 4. The van der Waals surface area contributed by atoms with Crippen molar-refractivity contribution in [1.29, 1.82) is 0 Å².